The van der Waals surface area contributed by atoms with Crippen molar-refractivity contribution < 1.29 is 14.7 Å². The normalized spacial score (nSPS) is 29.4. The average molecular weight is 283 g/mol. The molecule has 2 aliphatic rings. The number of carbonyl (C=O) groups is 2. The molecule has 0 saturated carbocycles. The Morgan fingerprint density at radius 3 is 2.40 bits per heavy atom. The van der Waals surface area contributed by atoms with Crippen LogP contribution in [0.3, 0.4) is 0 Å². The van der Waals surface area contributed by atoms with Crippen LogP contribution in [0.15, 0.2) is 0 Å². The standard InChI is InChI=1S/C14H25N3O3/c1-3-14(5-4-6-15-14)13(20)17-9-7-16(8-10-17)11(2)12(18)19/h11,15H,3-10H2,1-2H3,(H,18,19). The smallest absolute Gasteiger partial charge is 0.320 e. The molecule has 2 fully saturated rings. The van der Waals surface area contributed by atoms with Gasteiger partial charge < -0.3 is 15.3 Å². The lowest BCUT2D eigenvalue weighted by Gasteiger charge is -2.40. The molecule has 20 heavy (non-hydrogen) atoms. The number of aliphatic carboxylic acids is 1. The lowest BCUT2D eigenvalue weighted by Crippen LogP contribution is -2.60. The van der Waals surface area contributed by atoms with E-state index in [0.717, 1.165) is 25.8 Å². The van der Waals surface area contributed by atoms with Crippen LogP contribution in [-0.2, 0) is 9.59 Å². The summed E-state index contributed by atoms with van der Waals surface area (Å²) in [7, 11) is 0. The molecule has 2 unspecified atom stereocenters. The van der Waals surface area contributed by atoms with Gasteiger partial charge in [0.2, 0.25) is 5.91 Å². The number of nitrogens with one attached hydrogen (secondary N) is 1. The molecular formula is C14H25N3O3. The topological polar surface area (TPSA) is 72.9 Å². The van der Waals surface area contributed by atoms with E-state index < -0.39 is 12.0 Å². The molecule has 0 aliphatic carbocycles. The fourth-order valence-corrected chi connectivity index (χ4v) is 3.21. The molecule has 0 bridgehead atoms. The van der Waals surface area contributed by atoms with Crippen molar-refractivity contribution in [2.75, 3.05) is 32.7 Å². The predicted molar refractivity (Wildman–Crippen MR) is 75.5 cm³/mol. The second kappa shape index (κ2) is 6.10. The van der Waals surface area contributed by atoms with Crippen LogP contribution in [0, 0.1) is 0 Å². The predicted octanol–water partition coefficient (Wildman–Crippen LogP) is 0.136. The van der Waals surface area contributed by atoms with Gasteiger partial charge in [-0.05, 0) is 32.7 Å². The fourth-order valence-electron chi connectivity index (χ4n) is 3.21. The Balaban J connectivity index is 1.93. The van der Waals surface area contributed by atoms with Crippen molar-refractivity contribution in [1.82, 2.24) is 15.1 Å². The number of carbonyl (C=O) groups excluding carboxylic acids is 1. The van der Waals surface area contributed by atoms with E-state index >= 15 is 0 Å². The maximum Gasteiger partial charge on any atom is 0.320 e. The summed E-state index contributed by atoms with van der Waals surface area (Å²) in [5, 5.41) is 12.4. The van der Waals surface area contributed by atoms with Crippen LogP contribution in [0.5, 0.6) is 0 Å². The number of carboxylic acids is 1. The third-order valence-corrected chi connectivity index (χ3v) is 4.76. The van der Waals surface area contributed by atoms with E-state index in [2.05, 4.69) is 12.2 Å². The molecule has 2 saturated heterocycles. The van der Waals surface area contributed by atoms with E-state index in [4.69, 9.17) is 5.11 Å². The highest BCUT2D eigenvalue weighted by Crippen LogP contribution is 2.26. The summed E-state index contributed by atoms with van der Waals surface area (Å²) >= 11 is 0. The van der Waals surface area contributed by atoms with Crippen molar-refractivity contribution >= 4 is 11.9 Å². The maximum absolute atomic E-state index is 12.7. The number of carboxylic acid groups (broad SMARTS) is 1. The number of nitrogens with zero attached hydrogens (tertiary/aromatic N) is 2. The third kappa shape index (κ3) is 2.81. The number of piperazine rings is 1. The highest BCUT2D eigenvalue weighted by Gasteiger charge is 2.42. The minimum absolute atomic E-state index is 0.195. The Morgan fingerprint density at radius 1 is 1.30 bits per heavy atom. The second-order valence-electron chi connectivity index (χ2n) is 5.81. The van der Waals surface area contributed by atoms with Gasteiger partial charge in [0, 0.05) is 26.2 Å². The van der Waals surface area contributed by atoms with Crippen LogP contribution in [-0.4, -0.2) is 71.1 Å². The summed E-state index contributed by atoms with van der Waals surface area (Å²) in [5.74, 6) is -0.604. The van der Waals surface area contributed by atoms with Gasteiger partial charge in [-0.25, -0.2) is 0 Å². The van der Waals surface area contributed by atoms with Crippen LogP contribution < -0.4 is 5.32 Å². The zero-order chi connectivity index (χ0) is 14.8. The molecule has 0 aromatic heterocycles. The lowest BCUT2D eigenvalue weighted by atomic mass is 9.92. The first-order valence-electron chi connectivity index (χ1n) is 7.51. The van der Waals surface area contributed by atoms with E-state index in [1.165, 1.54) is 0 Å². The first-order valence-corrected chi connectivity index (χ1v) is 7.51. The summed E-state index contributed by atoms with van der Waals surface area (Å²) < 4.78 is 0. The third-order valence-electron chi connectivity index (χ3n) is 4.76. The van der Waals surface area contributed by atoms with Crippen LogP contribution in [0.4, 0.5) is 0 Å². The van der Waals surface area contributed by atoms with Crippen LogP contribution in [0.25, 0.3) is 0 Å². The quantitative estimate of drug-likeness (QED) is 0.767. The minimum Gasteiger partial charge on any atom is -0.480 e. The molecule has 0 radical (unpaired) electrons. The molecule has 1 amide bonds. The van der Waals surface area contributed by atoms with Crippen LogP contribution in [0.1, 0.15) is 33.1 Å². The SMILES string of the molecule is CCC1(C(=O)N2CCN(C(C)C(=O)O)CC2)CCCN1. The maximum atomic E-state index is 12.7. The van der Waals surface area contributed by atoms with Gasteiger partial charge in [-0.1, -0.05) is 6.92 Å². The molecule has 2 heterocycles. The van der Waals surface area contributed by atoms with Gasteiger partial charge in [0.05, 0.1) is 5.54 Å². The molecule has 2 atom stereocenters. The highest BCUT2D eigenvalue weighted by molar-refractivity contribution is 5.87. The molecular weight excluding hydrogens is 258 g/mol. The molecule has 0 aromatic carbocycles. The van der Waals surface area contributed by atoms with Gasteiger partial charge in [-0.2, -0.15) is 0 Å². The van der Waals surface area contributed by atoms with E-state index in [1.807, 2.05) is 9.80 Å². The summed E-state index contributed by atoms with van der Waals surface area (Å²) in [4.78, 5) is 27.5. The molecule has 6 heteroatoms. The number of hydrogen-bond acceptors (Lipinski definition) is 4. The summed E-state index contributed by atoms with van der Waals surface area (Å²) in [5.41, 5.74) is -0.374. The van der Waals surface area contributed by atoms with Crippen molar-refractivity contribution in [1.29, 1.82) is 0 Å². The van der Waals surface area contributed by atoms with E-state index in [9.17, 15) is 9.59 Å². The highest BCUT2D eigenvalue weighted by atomic mass is 16.4. The van der Waals surface area contributed by atoms with Crippen LogP contribution >= 0.6 is 0 Å². The Hall–Kier alpha value is -1.14. The number of hydrogen-bond donors (Lipinski definition) is 2. The van der Waals surface area contributed by atoms with Crippen molar-refractivity contribution in [3.05, 3.63) is 0 Å². The second-order valence-corrected chi connectivity index (χ2v) is 5.81. The Bertz CT molecular complexity index is 372. The van der Waals surface area contributed by atoms with Crippen molar-refractivity contribution in [3.63, 3.8) is 0 Å². The van der Waals surface area contributed by atoms with Gasteiger partial charge in [-0.3, -0.25) is 14.5 Å². The number of rotatable bonds is 4. The molecule has 0 spiro atoms. The van der Waals surface area contributed by atoms with Gasteiger partial charge in [0.1, 0.15) is 6.04 Å². The molecule has 0 aromatic rings. The minimum atomic E-state index is -0.799. The molecule has 114 valence electrons. The molecule has 6 nitrogen and oxygen atoms in total. The summed E-state index contributed by atoms with van der Waals surface area (Å²) in [6.07, 6.45) is 2.78. The lowest BCUT2D eigenvalue weighted by molar-refractivity contribution is -0.145. The zero-order valence-electron chi connectivity index (χ0n) is 12.4. The summed E-state index contributed by atoms with van der Waals surface area (Å²) in [6.45, 7) is 7.19. The van der Waals surface area contributed by atoms with Gasteiger partial charge >= 0.3 is 5.97 Å². The first-order chi connectivity index (χ1) is 9.50. The van der Waals surface area contributed by atoms with E-state index in [-0.39, 0.29) is 11.4 Å². The Kier molecular flexibility index (Phi) is 4.65. The fraction of sp³-hybridized carbons (Fsp3) is 0.857. The molecule has 2 rings (SSSR count). The zero-order valence-corrected chi connectivity index (χ0v) is 12.4. The van der Waals surface area contributed by atoms with Gasteiger partial charge in [0.15, 0.2) is 0 Å². The molecule has 2 aliphatic heterocycles. The Labute approximate surface area is 120 Å². The summed E-state index contributed by atoms with van der Waals surface area (Å²) in [6, 6.07) is -0.475. The Morgan fingerprint density at radius 2 is 1.95 bits per heavy atom. The van der Waals surface area contributed by atoms with Crippen molar-refractivity contribution in [2.24, 2.45) is 0 Å². The number of amides is 1. The molecule has 2 N–H and O–H groups in total. The average Bonchev–Trinajstić information content (AvgIpc) is 2.96. The van der Waals surface area contributed by atoms with Crippen molar-refractivity contribution in [2.45, 2.75) is 44.7 Å². The first kappa shape index (κ1) is 15.3. The van der Waals surface area contributed by atoms with Crippen LogP contribution in [0.2, 0.25) is 0 Å². The van der Waals surface area contributed by atoms with E-state index in [1.54, 1.807) is 6.92 Å². The van der Waals surface area contributed by atoms with E-state index in [0.29, 0.717) is 26.2 Å². The van der Waals surface area contributed by atoms with Gasteiger partial charge in [-0.15, -0.1) is 0 Å². The monoisotopic (exact) mass is 283 g/mol. The van der Waals surface area contributed by atoms with Crippen molar-refractivity contribution in [3.8, 4) is 0 Å². The largest absolute Gasteiger partial charge is 0.480 e. The van der Waals surface area contributed by atoms with Gasteiger partial charge in [0.25, 0.3) is 0 Å².